The molecule has 116 heavy (non-hydrogen) atoms. The molecule has 0 bridgehead atoms. The quantitative estimate of drug-likeness (QED) is 0.0266. The zero-order valence-electron chi connectivity index (χ0n) is 68.6. The number of nitrogens with two attached hydrogens (primary N) is 6. The number of pyridine rings is 3. The Morgan fingerprint density at radius 1 is 0.526 bits per heavy atom. The lowest BCUT2D eigenvalue weighted by atomic mass is 9.74. The first kappa shape index (κ1) is 91.1. The summed E-state index contributed by atoms with van der Waals surface area (Å²) in [5.41, 5.74) is 33.3. The SMILES string of the molecule is C.CC1(C)OB(c2cc(N)ncc2Cl)OC1(C)C.CO.Cc1nc(N2CCC3(CCC[C@H]3N)CC2)n2ccnc2c1-c1cc(N)ncc1Cl.Cc1nc(N2CCC3(CCC[C@H]3N[S@](=O)C(C)(C)C)CC2)n2ccnc2c1-c1cc(N)ncc1Cl.Cc1nc(N2CCC3(CCC[C@H]3N[S@](=O)C(C)(C)C)CC2)n2ccnc2c1Br.N/N=N/N. The third kappa shape index (κ3) is 19.3. The molecule has 0 radical (unpaired) electrons. The van der Waals surface area contributed by atoms with Crippen LogP contribution in [0.3, 0.4) is 0 Å². The van der Waals surface area contributed by atoms with E-state index < -0.39 is 29.1 Å². The molecule has 7 fully saturated rings. The van der Waals surface area contributed by atoms with Gasteiger partial charge in [0.2, 0.25) is 17.8 Å². The maximum absolute atomic E-state index is 12.8. The standard InChI is InChI=1S/C25H34ClN7OS.C21H26ClN7.C20H30BrN5OS.C11H16BClN2O2.CH4O.CH4.H4N4/c1-16-21(17-14-20(27)29-15-18(17)26)22-28-10-13-33(22)23(30-16)32-11-8-25(9-12-32)7-5-6-19(25)31-35(34)24(2,3)4;1-13-18(14-11-17(24)26-12-15(14)22)19-25-7-10-29(19)20(27-13)28-8-5-21(6-9-28)4-2-3-16(21)23;1-14-16(21)17-22-10-13-26(17)18(23-14)25-11-8-20(9-12-25)7-5-6-15(20)24-28(27)19(2,3)4;1-10(2)11(3,4)17-12(16-10)7-5-9(14)15-6-8(7)13;1-2;;1-3-4-2/h10,13-15,19,31H,5-9,11-12H2,1-4H3,(H2,27,29);7,10-12,16H,2-6,8-9,23H2,1H3,(H2,24,26);10,13,15,24H,5-9,11-12H2,1-4H3;5-6H,1-4H3,(H2,14,15);2H,1H3;1H4;(H2,1,4)(H2,2,3)/t19-,35-;16-;15-,28-;;;;/m111..../s1. The van der Waals surface area contributed by atoms with E-state index in [1.54, 1.807) is 43.0 Å². The molecule has 4 saturated heterocycles. The van der Waals surface area contributed by atoms with Crippen LogP contribution in [0.4, 0.5) is 35.3 Å². The molecule has 3 aliphatic carbocycles. The Hall–Kier alpha value is -7.22. The van der Waals surface area contributed by atoms with Crippen LogP contribution in [0.5, 0.6) is 0 Å². The predicted molar refractivity (Wildman–Crippen MR) is 474 cm³/mol. The summed E-state index contributed by atoms with van der Waals surface area (Å²) in [6, 6.07) is 6.24. The summed E-state index contributed by atoms with van der Waals surface area (Å²) in [7, 11) is -1.57. The summed E-state index contributed by atoms with van der Waals surface area (Å²) in [5, 5.41) is 13.8. The van der Waals surface area contributed by atoms with Crippen molar-refractivity contribution in [2.24, 2.45) is 44.1 Å². The van der Waals surface area contributed by atoms with E-state index in [0.29, 0.717) is 56.1 Å². The third-order valence-corrected chi connectivity index (χ3v) is 29.4. The fourth-order valence-corrected chi connectivity index (χ4v) is 20.0. The van der Waals surface area contributed by atoms with Gasteiger partial charge >= 0.3 is 7.12 Å². The van der Waals surface area contributed by atoms with Gasteiger partial charge in [0.1, 0.15) is 28.7 Å². The zero-order chi connectivity index (χ0) is 83.5. The van der Waals surface area contributed by atoms with Gasteiger partial charge in [0.05, 0.1) is 79.3 Å². The van der Waals surface area contributed by atoms with Gasteiger partial charge in [-0.3, -0.25) is 13.2 Å². The molecule has 5 atom stereocenters. The van der Waals surface area contributed by atoms with Crippen molar-refractivity contribution in [2.45, 2.75) is 233 Å². The average molecular weight is 1760 g/mol. The lowest BCUT2D eigenvalue weighted by Crippen LogP contribution is -2.51. The van der Waals surface area contributed by atoms with Gasteiger partial charge in [0.15, 0.2) is 5.65 Å². The summed E-state index contributed by atoms with van der Waals surface area (Å²) in [6.07, 6.45) is 33.3. The van der Waals surface area contributed by atoms with Crippen LogP contribution >= 0.6 is 50.7 Å². The van der Waals surface area contributed by atoms with Crippen LogP contribution in [0.25, 0.3) is 39.2 Å². The van der Waals surface area contributed by atoms with Gasteiger partial charge in [-0.25, -0.2) is 62.7 Å². The van der Waals surface area contributed by atoms with E-state index >= 15 is 0 Å². The Labute approximate surface area is 710 Å². The number of nitrogen functional groups attached to an aromatic ring is 3. The Kier molecular flexibility index (Phi) is 29.2. The molecule has 632 valence electrons. The molecule has 15 N–H and O–H groups in total. The number of aliphatic hydroxyl groups is 1. The highest BCUT2D eigenvalue weighted by atomic mass is 79.9. The van der Waals surface area contributed by atoms with E-state index in [1.165, 1.54) is 44.7 Å². The van der Waals surface area contributed by atoms with Crippen LogP contribution in [0.2, 0.25) is 15.1 Å². The van der Waals surface area contributed by atoms with E-state index in [1.807, 2.05) is 119 Å². The number of nitrogens with zero attached hydrogens (tertiary/aromatic N) is 17. The third-order valence-electron chi connectivity index (χ3n) is 24.4. The number of halogens is 4. The van der Waals surface area contributed by atoms with E-state index in [2.05, 4.69) is 101 Å². The molecule has 13 heterocycles. The summed E-state index contributed by atoms with van der Waals surface area (Å²) in [4.78, 5) is 47.8. The van der Waals surface area contributed by atoms with Gasteiger partial charge in [0, 0.05) is 148 Å². The zero-order valence-corrected chi connectivity index (χ0v) is 74.0. The number of nitrogens with one attached hydrogen (secondary N) is 2. The summed E-state index contributed by atoms with van der Waals surface area (Å²) in [6.45, 7) is 31.9. The number of rotatable bonds is 10. The predicted octanol–water partition coefficient (Wildman–Crippen LogP) is 13.0. The van der Waals surface area contributed by atoms with Gasteiger partial charge in [-0.2, -0.15) is 0 Å². The molecule has 3 spiro atoms. The van der Waals surface area contributed by atoms with Crippen molar-refractivity contribution >= 4 is 138 Å². The number of hydrogen-bond acceptors (Lipinski definition) is 23. The molecule has 9 aromatic rings. The van der Waals surface area contributed by atoms with Crippen LogP contribution in [-0.2, 0) is 31.3 Å². The summed E-state index contributed by atoms with van der Waals surface area (Å²) < 4.78 is 50.9. The van der Waals surface area contributed by atoms with E-state index in [4.69, 9.17) is 87.1 Å². The molecule has 3 saturated carbocycles. The number of piperidine rings is 3. The van der Waals surface area contributed by atoms with Crippen LogP contribution in [0.1, 0.15) is 190 Å². The molecule has 0 amide bonds. The highest BCUT2D eigenvalue weighted by Gasteiger charge is 2.53. The highest BCUT2D eigenvalue weighted by Crippen LogP contribution is 2.51. The first-order valence-electron chi connectivity index (χ1n) is 39.3. The minimum Gasteiger partial charge on any atom is -0.400 e. The van der Waals surface area contributed by atoms with Crippen LogP contribution in [0, 0.1) is 37.0 Å². The highest BCUT2D eigenvalue weighted by molar-refractivity contribution is 9.10. The van der Waals surface area contributed by atoms with Gasteiger partial charge in [0.25, 0.3) is 0 Å². The van der Waals surface area contributed by atoms with Gasteiger partial charge in [-0.15, -0.1) is 0 Å². The number of hydrogen-bond donors (Lipinski definition) is 9. The minimum absolute atomic E-state index is 0. The molecule has 7 aliphatic rings. The Morgan fingerprint density at radius 3 is 1.23 bits per heavy atom. The fraction of sp³-hybridized carbons (Fsp3) is 0.582. The Bertz CT molecular complexity index is 4960. The molecule has 4 aliphatic heterocycles. The monoisotopic (exact) mass is 1760 g/mol. The number of imidazole rings is 3. The lowest BCUT2D eigenvalue weighted by Gasteiger charge is -2.44. The molecule has 0 aromatic carbocycles. The number of fused-ring (bicyclic) bond motifs is 3. The molecular weight excluding hydrogens is 1640 g/mol. The smallest absolute Gasteiger partial charge is 0.400 e. The molecule has 9 aromatic heterocycles. The molecule has 30 nitrogen and oxygen atoms in total. The molecule has 0 unspecified atom stereocenters. The topological polar surface area (TPSA) is 417 Å². The number of aliphatic hydroxyl groups excluding tert-OH is 1. The average Bonchev–Trinajstić information content (AvgIpc) is 1.47. The number of aromatic nitrogens is 12. The number of anilines is 6. The lowest BCUT2D eigenvalue weighted by molar-refractivity contribution is 0.00578. The molecular formula is C79H118BBrCl3N25O5S2. The second-order valence-electron chi connectivity index (χ2n) is 34.0. The first-order valence-corrected chi connectivity index (χ1v) is 43.5. The number of aryl methyl sites for hydroxylation is 3. The van der Waals surface area contributed by atoms with Gasteiger partial charge in [-0.05, 0) is 217 Å². The van der Waals surface area contributed by atoms with Crippen molar-refractivity contribution in [1.29, 1.82) is 0 Å². The van der Waals surface area contributed by atoms with E-state index in [-0.39, 0.29) is 39.0 Å². The van der Waals surface area contributed by atoms with Crippen molar-refractivity contribution < 1.29 is 22.8 Å². The van der Waals surface area contributed by atoms with Crippen LogP contribution in [-0.4, -0.2) is 164 Å². The molecule has 37 heteroatoms. The maximum Gasteiger partial charge on any atom is 0.496 e. The minimum atomic E-state index is -1.05. The van der Waals surface area contributed by atoms with Crippen molar-refractivity contribution in [1.82, 2.24) is 67.5 Å². The van der Waals surface area contributed by atoms with Crippen LogP contribution in [0.15, 0.2) is 88.9 Å². The summed E-state index contributed by atoms with van der Waals surface area (Å²) >= 11 is 22.6. The first-order chi connectivity index (χ1) is 54.4. The van der Waals surface area contributed by atoms with Crippen LogP contribution < -0.4 is 64.2 Å². The van der Waals surface area contributed by atoms with E-state index in [9.17, 15) is 8.42 Å². The fourth-order valence-electron chi connectivity index (χ4n) is 17.1. The van der Waals surface area contributed by atoms with Crippen molar-refractivity contribution in [3.8, 4) is 22.3 Å². The van der Waals surface area contributed by atoms with Crippen molar-refractivity contribution in [3.63, 3.8) is 0 Å². The van der Waals surface area contributed by atoms with E-state index in [0.717, 1.165) is 188 Å². The Morgan fingerprint density at radius 2 is 0.862 bits per heavy atom. The van der Waals surface area contributed by atoms with Gasteiger partial charge < -0.3 is 63.7 Å². The van der Waals surface area contributed by atoms with Gasteiger partial charge in [-0.1, -0.05) is 71.9 Å². The normalized spacial score (nSPS) is 21.0. The van der Waals surface area contributed by atoms with Crippen molar-refractivity contribution in [2.75, 3.05) is 78.3 Å². The second kappa shape index (κ2) is 37.2. The second-order valence-corrected chi connectivity index (χ2v) is 40.0. The van der Waals surface area contributed by atoms with Crippen molar-refractivity contribution in [3.05, 3.63) is 111 Å². The largest absolute Gasteiger partial charge is 0.496 e. The maximum atomic E-state index is 12.8. The molecule has 16 rings (SSSR count). The summed E-state index contributed by atoms with van der Waals surface area (Å²) in [5.74, 6) is 12.8. The Balaban J connectivity index is 0.000000163.